The van der Waals surface area contributed by atoms with Crippen molar-refractivity contribution in [1.82, 2.24) is 0 Å². The number of rotatable bonds is 3. The van der Waals surface area contributed by atoms with Gasteiger partial charge in [-0.1, -0.05) is 31.6 Å². The summed E-state index contributed by atoms with van der Waals surface area (Å²) in [5, 5.41) is 0. The van der Waals surface area contributed by atoms with Crippen LogP contribution in [0.4, 0.5) is 0 Å². The SMILES string of the molecule is C=C1C[C@@H]2[C@H]3CC(C)=C4C[C@H](OC(C)=O)CC[C@]4(C)[C@@H]3CC[C@]2(C)[C@]1(OC(C)=O)C(C)=O. The van der Waals surface area contributed by atoms with Gasteiger partial charge in [-0.3, -0.25) is 14.4 Å². The maximum Gasteiger partial charge on any atom is 0.303 e. The fourth-order valence-electron chi connectivity index (χ4n) is 8.49. The molecule has 4 aliphatic rings. The van der Waals surface area contributed by atoms with Crippen molar-refractivity contribution in [1.29, 1.82) is 0 Å². The quantitative estimate of drug-likeness (QED) is 0.437. The standard InChI is InChI=1S/C27H38O5/c1-15-12-21-22(25(6)10-8-20(14-23(15)25)31-18(4)29)9-11-26(7)24(21)13-16(2)27(26,17(3)28)32-19(5)30/h20-22,24H,2,8-14H2,1,3-7H3/t20-,21+,22-,24-,25-,26+,27-/m1/s1. The van der Waals surface area contributed by atoms with Gasteiger partial charge in [-0.25, -0.2) is 0 Å². The molecule has 176 valence electrons. The highest BCUT2D eigenvalue weighted by molar-refractivity contribution is 5.92. The largest absolute Gasteiger partial charge is 0.462 e. The van der Waals surface area contributed by atoms with Crippen molar-refractivity contribution in [3.05, 3.63) is 23.3 Å². The molecule has 0 saturated heterocycles. The van der Waals surface area contributed by atoms with E-state index in [0.717, 1.165) is 50.5 Å². The second-order valence-corrected chi connectivity index (χ2v) is 11.3. The maximum absolute atomic E-state index is 13.0. The zero-order valence-corrected chi connectivity index (χ0v) is 20.5. The lowest BCUT2D eigenvalue weighted by Crippen LogP contribution is -2.59. The van der Waals surface area contributed by atoms with Crippen molar-refractivity contribution in [3.63, 3.8) is 0 Å². The van der Waals surface area contributed by atoms with Crippen LogP contribution in [0.5, 0.6) is 0 Å². The molecule has 32 heavy (non-hydrogen) atoms. The Labute approximate surface area is 192 Å². The van der Waals surface area contributed by atoms with Crippen molar-refractivity contribution >= 4 is 17.7 Å². The summed E-state index contributed by atoms with van der Waals surface area (Å²) in [6.45, 7) is 15.5. The Hall–Kier alpha value is -1.91. The Morgan fingerprint density at radius 1 is 0.938 bits per heavy atom. The Kier molecular flexibility index (Phi) is 5.50. The van der Waals surface area contributed by atoms with Gasteiger partial charge in [0.15, 0.2) is 11.4 Å². The lowest BCUT2D eigenvalue weighted by atomic mass is 9.45. The molecule has 0 unspecified atom stereocenters. The summed E-state index contributed by atoms with van der Waals surface area (Å²) in [6, 6.07) is 0. The van der Waals surface area contributed by atoms with Gasteiger partial charge >= 0.3 is 11.9 Å². The van der Waals surface area contributed by atoms with E-state index in [-0.39, 0.29) is 29.2 Å². The summed E-state index contributed by atoms with van der Waals surface area (Å²) in [4.78, 5) is 36.7. The molecule has 0 aromatic heterocycles. The second kappa shape index (κ2) is 7.56. The predicted octanol–water partition coefficient (Wildman–Crippen LogP) is 5.33. The second-order valence-electron chi connectivity index (χ2n) is 11.3. The number of fused-ring (bicyclic) bond motifs is 5. The molecule has 7 atom stereocenters. The lowest BCUT2D eigenvalue weighted by molar-refractivity contribution is -0.181. The number of esters is 2. The van der Waals surface area contributed by atoms with Gasteiger partial charge in [0.05, 0.1) is 0 Å². The minimum Gasteiger partial charge on any atom is -0.462 e. The summed E-state index contributed by atoms with van der Waals surface area (Å²) in [5.41, 5.74) is 2.12. The molecule has 5 nitrogen and oxygen atoms in total. The molecule has 4 aliphatic carbocycles. The number of hydrogen-bond donors (Lipinski definition) is 0. The number of carbonyl (C=O) groups excluding carboxylic acids is 3. The molecule has 0 radical (unpaired) electrons. The van der Waals surface area contributed by atoms with E-state index in [1.807, 2.05) is 0 Å². The molecule has 0 heterocycles. The van der Waals surface area contributed by atoms with E-state index < -0.39 is 17.0 Å². The average Bonchev–Trinajstić information content (AvgIpc) is 2.90. The molecule has 3 saturated carbocycles. The van der Waals surface area contributed by atoms with Crippen LogP contribution in [0, 0.1) is 28.6 Å². The number of Topliss-reactive ketones (excluding diaryl/α,β-unsaturated/α-hetero) is 1. The van der Waals surface area contributed by atoms with Crippen LogP contribution in [0.25, 0.3) is 0 Å². The maximum atomic E-state index is 13.0. The summed E-state index contributed by atoms with van der Waals surface area (Å²) in [5.74, 6) is 0.499. The van der Waals surface area contributed by atoms with Crippen molar-refractivity contribution in [2.75, 3.05) is 0 Å². The highest BCUT2D eigenvalue weighted by atomic mass is 16.6. The number of ketones is 1. The third kappa shape index (κ3) is 3.06. The summed E-state index contributed by atoms with van der Waals surface area (Å²) >= 11 is 0. The number of hydrogen-bond acceptors (Lipinski definition) is 5. The van der Waals surface area contributed by atoms with Crippen LogP contribution in [-0.4, -0.2) is 29.4 Å². The van der Waals surface area contributed by atoms with E-state index >= 15 is 0 Å². The highest BCUT2D eigenvalue weighted by Crippen LogP contribution is 2.69. The molecule has 0 aromatic rings. The molecule has 0 aliphatic heterocycles. The number of ether oxygens (including phenoxy) is 2. The summed E-state index contributed by atoms with van der Waals surface area (Å²) in [7, 11) is 0. The monoisotopic (exact) mass is 442 g/mol. The summed E-state index contributed by atoms with van der Waals surface area (Å²) < 4.78 is 11.5. The number of allylic oxidation sites excluding steroid dienone is 1. The first-order valence-electron chi connectivity index (χ1n) is 12.1. The third-order valence-electron chi connectivity index (χ3n) is 9.70. The zero-order valence-electron chi connectivity index (χ0n) is 20.5. The van der Waals surface area contributed by atoms with Crippen LogP contribution in [0.2, 0.25) is 0 Å². The van der Waals surface area contributed by atoms with E-state index in [4.69, 9.17) is 9.47 Å². The van der Waals surface area contributed by atoms with Crippen LogP contribution in [0.3, 0.4) is 0 Å². The van der Waals surface area contributed by atoms with Gasteiger partial charge in [-0.05, 0) is 81.1 Å². The molecule has 0 aromatic carbocycles. The van der Waals surface area contributed by atoms with Crippen LogP contribution in [0.15, 0.2) is 23.3 Å². The van der Waals surface area contributed by atoms with E-state index in [2.05, 4.69) is 27.4 Å². The third-order valence-corrected chi connectivity index (χ3v) is 9.70. The Morgan fingerprint density at radius 2 is 1.62 bits per heavy atom. The molecule has 0 N–H and O–H groups in total. The minimum absolute atomic E-state index is 0.0171. The molecule has 0 amide bonds. The van der Waals surface area contributed by atoms with Gasteiger partial charge in [0.2, 0.25) is 0 Å². The van der Waals surface area contributed by atoms with Gasteiger partial charge in [-0.2, -0.15) is 0 Å². The van der Waals surface area contributed by atoms with Crippen molar-refractivity contribution in [3.8, 4) is 0 Å². The van der Waals surface area contributed by atoms with Gasteiger partial charge in [0.25, 0.3) is 0 Å². The first-order valence-corrected chi connectivity index (χ1v) is 12.1. The fraction of sp³-hybridized carbons (Fsp3) is 0.741. The van der Waals surface area contributed by atoms with Crippen molar-refractivity contribution in [2.45, 2.75) is 98.2 Å². The Morgan fingerprint density at radius 3 is 2.22 bits per heavy atom. The first-order chi connectivity index (χ1) is 14.9. The molecule has 0 spiro atoms. The van der Waals surface area contributed by atoms with Crippen molar-refractivity contribution in [2.24, 2.45) is 28.6 Å². The van der Waals surface area contributed by atoms with E-state index in [9.17, 15) is 14.4 Å². The lowest BCUT2D eigenvalue weighted by Gasteiger charge is -2.59. The van der Waals surface area contributed by atoms with Gasteiger partial charge in [0, 0.05) is 25.7 Å². The van der Waals surface area contributed by atoms with E-state index in [1.165, 1.54) is 25.0 Å². The zero-order chi connectivity index (χ0) is 23.6. The normalized spacial score (nSPS) is 43.1. The average molecular weight is 443 g/mol. The first kappa shape index (κ1) is 23.3. The predicted molar refractivity (Wildman–Crippen MR) is 122 cm³/mol. The van der Waals surface area contributed by atoms with Gasteiger partial charge < -0.3 is 9.47 Å². The molecule has 0 bridgehead atoms. The fourth-order valence-corrected chi connectivity index (χ4v) is 8.49. The molecule has 4 rings (SSSR count). The van der Waals surface area contributed by atoms with Crippen molar-refractivity contribution < 1.29 is 23.9 Å². The van der Waals surface area contributed by atoms with E-state index in [1.54, 1.807) is 6.92 Å². The van der Waals surface area contributed by atoms with Crippen LogP contribution >= 0.6 is 0 Å². The molecular weight excluding hydrogens is 404 g/mol. The van der Waals surface area contributed by atoms with Crippen LogP contribution in [-0.2, 0) is 23.9 Å². The summed E-state index contributed by atoms with van der Waals surface area (Å²) in [6.07, 6.45) is 6.32. The number of carbonyl (C=O) groups is 3. The van der Waals surface area contributed by atoms with Gasteiger partial charge in [-0.15, -0.1) is 0 Å². The smallest absolute Gasteiger partial charge is 0.303 e. The van der Waals surface area contributed by atoms with Gasteiger partial charge in [0.1, 0.15) is 6.10 Å². The van der Waals surface area contributed by atoms with E-state index in [0.29, 0.717) is 11.8 Å². The topological polar surface area (TPSA) is 69.7 Å². The highest BCUT2D eigenvalue weighted by Gasteiger charge is 2.69. The Bertz CT molecular complexity index is 915. The molecule has 5 heteroatoms. The van der Waals surface area contributed by atoms with Crippen LogP contribution < -0.4 is 0 Å². The minimum atomic E-state index is -1.21. The molecule has 3 fully saturated rings. The Balaban J connectivity index is 1.72. The molecular formula is C27H38O5. The van der Waals surface area contributed by atoms with Crippen LogP contribution in [0.1, 0.15) is 86.5 Å².